The molecule has 2 aromatic heterocycles. The van der Waals surface area contributed by atoms with E-state index in [0.29, 0.717) is 23.9 Å². The van der Waals surface area contributed by atoms with Crippen LogP contribution in [-0.2, 0) is 6.54 Å². The Balaban J connectivity index is 1.39. The molecule has 1 N–H and O–H groups in total. The van der Waals surface area contributed by atoms with Gasteiger partial charge in [-0.3, -0.25) is 4.57 Å². The Morgan fingerprint density at radius 2 is 1.49 bits per heavy atom. The van der Waals surface area contributed by atoms with E-state index in [1.54, 1.807) is 12.3 Å². The fraction of sp³-hybridized carbons (Fsp3) is 0.107. The predicted molar refractivity (Wildman–Crippen MR) is 134 cm³/mol. The summed E-state index contributed by atoms with van der Waals surface area (Å²) in [5, 5.41) is 3.20. The van der Waals surface area contributed by atoms with Crippen molar-refractivity contribution in [2.75, 3.05) is 5.32 Å². The standard InChI is InChI=1S/C28H23F2N5/c1-19-7-11-23(12-8-19)25-26(35(18-33-25)27(29)30)24-15-16-31-28(34-24)32-17-20-9-13-22(14-10-20)21-5-3-2-4-6-21/h2-16,18,27H,17H2,1H3,(H,31,32,34). The number of hydrogen-bond acceptors (Lipinski definition) is 4. The third-order valence-electron chi connectivity index (χ3n) is 5.74. The number of imidazole rings is 1. The van der Waals surface area contributed by atoms with Crippen molar-refractivity contribution in [3.8, 4) is 33.8 Å². The molecular formula is C28H23F2N5. The Morgan fingerprint density at radius 1 is 0.800 bits per heavy atom. The van der Waals surface area contributed by atoms with Crippen LogP contribution in [0.5, 0.6) is 0 Å². The van der Waals surface area contributed by atoms with Crippen molar-refractivity contribution in [1.29, 1.82) is 0 Å². The Morgan fingerprint density at radius 3 is 2.20 bits per heavy atom. The quantitative estimate of drug-likeness (QED) is 0.280. The van der Waals surface area contributed by atoms with E-state index < -0.39 is 6.55 Å². The molecule has 5 aromatic rings. The Labute approximate surface area is 202 Å². The van der Waals surface area contributed by atoms with Crippen molar-refractivity contribution in [2.24, 2.45) is 0 Å². The lowest BCUT2D eigenvalue weighted by atomic mass is 10.0. The first-order chi connectivity index (χ1) is 17.1. The van der Waals surface area contributed by atoms with E-state index in [0.717, 1.165) is 38.7 Å². The van der Waals surface area contributed by atoms with Crippen LogP contribution in [0, 0.1) is 6.92 Å². The number of aryl methyl sites for hydroxylation is 1. The third kappa shape index (κ3) is 4.94. The van der Waals surface area contributed by atoms with Gasteiger partial charge in [0.1, 0.15) is 6.33 Å². The summed E-state index contributed by atoms with van der Waals surface area (Å²) in [6.07, 6.45) is 2.71. The lowest BCUT2D eigenvalue weighted by molar-refractivity contribution is 0.0718. The molecule has 0 unspecified atom stereocenters. The average molecular weight is 468 g/mol. The molecule has 0 radical (unpaired) electrons. The van der Waals surface area contributed by atoms with Gasteiger partial charge in [0.05, 0.1) is 17.1 Å². The summed E-state index contributed by atoms with van der Waals surface area (Å²) < 4.78 is 28.4. The highest BCUT2D eigenvalue weighted by atomic mass is 19.3. The fourth-order valence-corrected chi connectivity index (χ4v) is 3.89. The van der Waals surface area contributed by atoms with Gasteiger partial charge in [-0.25, -0.2) is 15.0 Å². The van der Waals surface area contributed by atoms with Crippen LogP contribution in [-0.4, -0.2) is 19.5 Å². The molecule has 5 nitrogen and oxygen atoms in total. The van der Waals surface area contributed by atoms with Gasteiger partial charge in [-0.15, -0.1) is 0 Å². The molecule has 0 aliphatic heterocycles. The molecular weight excluding hydrogens is 444 g/mol. The summed E-state index contributed by atoms with van der Waals surface area (Å²) in [4.78, 5) is 13.1. The van der Waals surface area contributed by atoms with Crippen LogP contribution in [0.1, 0.15) is 17.7 Å². The summed E-state index contributed by atoms with van der Waals surface area (Å²) >= 11 is 0. The third-order valence-corrected chi connectivity index (χ3v) is 5.74. The minimum absolute atomic E-state index is 0.251. The van der Waals surface area contributed by atoms with E-state index in [4.69, 9.17) is 0 Å². The molecule has 35 heavy (non-hydrogen) atoms. The van der Waals surface area contributed by atoms with Crippen molar-refractivity contribution in [1.82, 2.24) is 19.5 Å². The molecule has 5 rings (SSSR count). The molecule has 0 bridgehead atoms. The van der Waals surface area contributed by atoms with Crippen LogP contribution < -0.4 is 5.32 Å². The number of benzene rings is 3. The average Bonchev–Trinajstić information content (AvgIpc) is 3.35. The van der Waals surface area contributed by atoms with Gasteiger partial charge < -0.3 is 5.32 Å². The van der Waals surface area contributed by atoms with E-state index in [2.05, 4.69) is 44.5 Å². The van der Waals surface area contributed by atoms with Gasteiger partial charge in [-0.05, 0) is 29.7 Å². The van der Waals surface area contributed by atoms with Crippen molar-refractivity contribution in [3.05, 3.63) is 109 Å². The van der Waals surface area contributed by atoms with Gasteiger partial charge in [0.2, 0.25) is 5.95 Å². The molecule has 0 saturated carbocycles. The van der Waals surface area contributed by atoms with E-state index in [1.807, 2.05) is 61.5 Å². The highest BCUT2D eigenvalue weighted by molar-refractivity contribution is 5.77. The molecule has 0 amide bonds. The van der Waals surface area contributed by atoms with Crippen LogP contribution in [0.4, 0.5) is 14.7 Å². The number of anilines is 1. The monoisotopic (exact) mass is 467 g/mol. The first-order valence-electron chi connectivity index (χ1n) is 11.2. The molecule has 0 fully saturated rings. The second-order valence-electron chi connectivity index (χ2n) is 8.17. The van der Waals surface area contributed by atoms with Crippen molar-refractivity contribution < 1.29 is 8.78 Å². The second-order valence-corrected chi connectivity index (χ2v) is 8.17. The molecule has 0 aliphatic rings. The SMILES string of the molecule is Cc1ccc(-c2ncn(C(F)F)c2-c2ccnc(NCc3ccc(-c4ccccc4)cc3)n2)cc1. The number of rotatable bonds is 7. The topological polar surface area (TPSA) is 55.6 Å². The Bertz CT molecular complexity index is 1410. The zero-order chi connectivity index (χ0) is 24.2. The number of aromatic nitrogens is 4. The van der Waals surface area contributed by atoms with E-state index >= 15 is 0 Å². The number of alkyl halides is 2. The zero-order valence-electron chi connectivity index (χ0n) is 19.1. The molecule has 0 saturated heterocycles. The smallest absolute Gasteiger partial charge is 0.320 e. The maximum atomic E-state index is 13.8. The first-order valence-corrected chi connectivity index (χ1v) is 11.2. The summed E-state index contributed by atoms with van der Waals surface area (Å²) in [6, 6.07) is 27.6. The number of nitrogens with one attached hydrogen (secondary N) is 1. The summed E-state index contributed by atoms with van der Waals surface area (Å²) in [7, 11) is 0. The number of nitrogens with zero attached hydrogens (tertiary/aromatic N) is 4. The maximum absolute atomic E-state index is 13.8. The maximum Gasteiger partial charge on any atom is 0.320 e. The summed E-state index contributed by atoms with van der Waals surface area (Å²) in [5.41, 5.74) is 6.24. The zero-order valence-corrected chi connectivity index (χ0v) is 19.1. The van der Waals surface area contributed by atoms with E-state index in [1.165, 1.54) is 0 Å². The van der Waals surface area contributed by atoms with Crippen LogP contribution in [0.3, 0.4) is 0 Å². The minimum Gasteiger partial charge on any atom is -0.350 e. The highest BCUT2D eigenvalue weighted by Gasteiger charge is 2.21. The molecule has 0 spiro atoms. The normalized spacial score (nSPS) is 11.1. The van der Waals surface area contributed by atoms with Crippen molar-refractivity contribution in [3.63, 3.8) is 0 Å². The molecule has 174 valence electrons. The number of hydrogen-bond donors (Lipinski definition) is 1. The van der Waals surface area contributed by atoms with Gasteiger partial charge in [-0.2, -0.15) is 8.78 Å². The van der Waals surface area contributed by atoms with Gasteiger partial charge in [-0.1, -0.05) is 84.4 Å². The Kier molecular flexibility index (Phi) is 6.30. The fourth-order valence-electron chi connectivity index (χ4n) is 3.89. The van der Waals surface area contributed by atoms with Crippen LogP contribution in [0.25, 0.3) is 33.8 Å². The summed E-state index contributed by atoms with van der Waals surface area (Å²) in [6.45, 7) is -0.275. The molecule has 0 aliphatic carbocycles. The van der Waals surface area contributed by atoms with Crippen LogP contribution >= 0.6 is 0 Å². The van der Waals surface area contributed by atoms with E-state index in [-0.39, 0.29) is 5.69 Å². The predicted octanol–water partition coefficient (Wildman–Crippen LogP) is 6.99. The van der Waals surface area contributed by atoms with Crippen molar-refractivity contribution in [2.45, 2.75) is 20.0 Å². The molecule has 7 heteroatoms. The van der Waals surface area contributed by atoms with Gasteiger partial charge in [0.25, 0.3) is 0 Å². The van der Waals surface area contributed by atoms with E-state index in [9.17, 15) is 8.78 Å². The van der Waals surface area contributed by atoms with Gasteiger partial charge in [0.15, 0.2) is 0 Å². The largest absolute Gasteiger partial charge is 0.350 e. The Hall–Kier alpha value is -4.39. The van der Waals surface area contributed by atoms with Crippen LogP contribution in [0.2, 0.25) is 0 Å². The van der Waals surface area contributed by atoms with Gasteiger partial charge in [0, 0.05) is 18.3 Å². The lowest BCUT2D eigenvalue weighted by Gasteiger charge is -2.11. The number of halogens is 2. The summed E-state index contributed by atoms with van der Waals surface area (Å²) in [5.74, 6) is 0.353. The van der Waals surface area contributed by atoms with Crippen molar-refractivity contribution >= 4 is 5.95 Å². The molecule has 2 heterocycles. The van der Waals surface area contributed by atoms with Crippen LogP contribution in [0.15, 0.2) is 97.5 Å². The molecule has 3 aromatic carbocycles. The second kappa shape index (κ2) is 9.85. The minimum atomic E-state index is -2.74. The van der Waals surface area contributed by atoms with Gasteiger partial charge >= 0.3 is 6.55 Å². The highest BCUT2D eigenvalue weighted by Crippen LogP contribution is 2.33. The molecule has 0 atom stereocenters. The lowest BCUT2D eigenvalue weighted by Crippen LogP contribution is -2.06. The first kappa shape index (κ1) is 22.4.